The summed E-state index contributed by atoms with van der Waals surface area (Å²) < 4.78 is 0. The van der Waals surface area contributed by atoms with E-state index in [1.54, 1.807) is 6.92 Å². The highest BCUT2D eigenvalue weighted by Crippen LogP contribution is 2.13. The quantitative estimate of drug-likeness (QED) is 0.319. The highest BCUT2D eigenvalue weighted by Gasteiger charge is 1.94. The maximum absolute atomic E-state index is 10.9. The van der Waals surface area contributed by atoms with Gasteiger partial charge in [-0.25, -0.2) is 0 Å². The minimum Gasteiger partial charge on any atom is -0.300 e. The number of hydrogen-bond donors (Lipinski definition) is 0. The van der Waals surface area contributed by atoms with Gasteiger partial charge in [0.25, 0.3) is 0 Å². The Morgan fingerprint density at radius 1 is 0.625 bits per heavy atom. The molecule has 0 aliphatic heterocycles. The third kappa shape index (κ3) is 15.5. The molecule has 0 aromatic rings. The van der Waals surface area contributed by atoms with Crippen molar-refractivity contribution in [3.63, 3.8) is 0 Å². The van der Waals surface area contributed by atoms with Gasteiger partial charge in [0, 0.05) is 6.42 Å². The lowest BCUT2D eigenvalue weighted by Crippen LogP contribution is -1.87. The van der Waals surface area contributed by atoms with Crippen LogP contribution in [0.5, 0.6) is 0 Å². The van der Waals surface area contributed by atoms with Crippen LogP contribution >= 0.6 is 0 Å². The summed E-state index contributed by atoms with van der Waals surface area (Å²) in [7, 11) is 0. The van der Waals surface area contributed by atoms with Crippen molar-refractivity contribution < 1.29 is 4.79 Å². The number of allylic oxidation sites excluding steroid dienone is 8. The summed E-state index contributed by atoms with van der Waals surface area (Å²) in [4.78, 5) is 10.9. The number of hydrogen-bond acceptors (Lipinski definition) is 1. The zero-order chi connectivity index (χ0) is 18.2. The Morgan fingerprint density at radius 2 is 1.04 bits per heavy atom. The molecule has 0 saturated carbocycles. The van der Waals surface area contributed by atoms with Gasteiger partial charge >= 0.3 is 0 Å². The van der Waals surface area contributed by atoms with E-state index in [0.29, 0.717) is 6.42 Å². The predicted molar refractivity (Wildman–Crippen MR) is 108 cm³/mol. The molecule has 0 amide bonds. The first kappa shape index (κ1) is 22.6. The summed E-state index contributed by atoms with van der Waals surface area (Å²) >= 11 is 0. The van der Waals surface area contributed by atoms with Crippen molar-refractivity contribution in [3.05, 3.63) is 47.1 Å². The minimum absolute atomic E-state index is 0.277. The zero-order valence-corrected chi connectivity index (χ0v) is 16.7. The van der Waals surface area contributed by atoms with Gasteiger partial charge in [0.15, 0.2) is 0 Å². The van der Waals surface area contributed by atoms with Gasteiger partial charge in [-0.15, -0.1) is 0 Å². The first-order chi connectivity index (χ1) is 11.5. The molecule has 1 nitrogen and oxygen atoms in total. The highest BCUT2D eigenvalue weighted by molar-refractivity contribution is 5.75. The Kier molecular flexibility index (Phi) is 14.3. The number of ketones is 1. The van der Waals surface area contributed by atoms with Crippen LogP contribution in [-0.4, -0.2) is 5.78 Å². The molecule has 0 bridgehead atoms. The maximum Gasteiger partial charge on any atom is 0.130 e. The zero-order valence-electron chi connectivity index (χ0n) is 16.7. The second-order valence-electron chi connectivity index (χ2n) is 6.89. The van der Waals surface area contributed by atoms with Gasteiger partial charge in [-0.2, -0.15) is 0 Å². The second kappa shape index (κ2) is 15.2. The van der Waals surface area contributed by atoms with Crippen LogP contribution in [0.3, 0.4) is 0 Å². The molecule has 0 rings (SSSR count). The van der Waals surface area contributed by atoms with Crippen molar-refractivity contribution in [3.8, 4) is 0 Å². The predicted octanol–water partition coefficient (Wildman–Crippen LogP) is 7.50. The molecule has 0 aliphatic carbocycles. The number of Topliss-reactive ketones (excluding diaryl/α,β-unsaturated/α-hetero) is 1. The Morgan fingerprint density at radius 3 is 1.46 bits per heavy atom. The van der Waals surface area contributed by atoms with Gasteiger partial charge in [0.05, 0.1) is 0 Å². The van der Waals surface area contributed by atoms with Gasteiger partial charge in [-0.1, -0.05) is 54.0 Å². The van der Waals surface area contributed by atoms with Crippen molar-refractivity contribution in [2.24, 2.45) is 0 Å². The van der Waals surface area contributed by atoms with E-state index < -0.39 is 0 Å². The average Bonchev–Trinajstić information content (AvgIpc) is 2.51. The van der Waals surface area contributed by atoms with Crippen molar-refractivity contribution in [1.29, 1.82) is 0 Å². The largest absolute Gasteiger partial charge is 0.300 e. The van der Waals surface area contributed by atoms with E-state index in [2.05, 4.69) is 58.1 Å². The number of rotatable bonds is 13. The van der Waals surface area contributed by atoms with Crippen LogP contribution in [0.2, 0.25) is 0 Å². The fourth-order valence-corrected chi connectivity index (χ4v) is 2.52. The molecule has 0 fully saturated rings. The Bertz CT molecular complexity index is 460. The summed E-state index contributed by atoms with van der Waals surface area (Å²) in [6.07, 6.45) is 21.1. The third-order valence-electron chi connectivity index (χ3n) is 4.16. The van der Waals surface area contributed by atoms with Crippen molar-refractivity contribution in [1.82, 2.24) is 0 Å². The second-order valence-corrected chi connectivity index (χ2v) is 6.89. The Labute approximate surface area is 150 Å². The van der Waals surface area contributed by atoms with Crippen LogP contribution in [0.4, 0.5) is 0 Å². The molecule has 0 saturated heterocycles. The van der Waals surface area contributed by atoms with Gasteiger partial charge in [-0.05, 0) is 79.1 Å². The van der Waals surface area contributed by atoms with E-state index in [1.165, 1.54) is 29.6 Å². The molecule has 0 heterocycles. The van der Waals surface area contributed by atoms with Gasteiger partial charge in [0.2, 0.25) is 0 Å². The van der Waals surface area contributed by atoms with Crippen LogP contribution in [0.15, 0.2) is 47.1 Å². The lowest BCUT2D eigenvalue weighted by Gasteiger charge is -2.02. The fourth-order valence-electron chi connectivity index (χ4n) is 2.52. The van der Waals surface area contributed by atoms with Crippen molar-refractivity contribution in [2.45, 2.75) is 92.4 Å². The monoisotopic (exact) mass is 330 g/mol. The summed E-state index contributed by atoms with van der Waals surface area (Å²) in [5, 5.41) is 0. The number of carbonyl (C=O) groups is 1. The molecule has 0 aromatic heterocycles. The molecule has 0 atom stereocenters. The van der Waals surface area contributed by atoms with Crippen LogP contribution in [0.1, 0.15) is 92.4 Å². The molecule has 0 radical (unpaired) electrons. The minimum atomic E-state index is 0.277. The summed E-state index contributed by atoms with van der Waals surface area (Å²) in [6.45, 7) is 10.5. The first-order valence-electron chi connectivity index (χ1n) is 9.57. The fraction of sp³-hybridized carbons (Fsp3) is 0.609. The summed E-state index contributed by atoms with van der Waals surface area (Å²) in [6, 6.07) is 0. The van der Waals surface area contributed by atoms with Crippen LogP contribution in [0.25, 0.3) is 0 Å². The van der Waals surface area contributed by atoms with E-state index in [-0.39, 0.29) is 5.78 Å². The molecule has 1 heteroatoms. The van der Waals surface area contributed by atoms with E-state index in [1.807, 2.05) is 0 Å². The SMILES string of the molecule is CC/C=C/CC/C(C)=C/CC/C(C)=C/CC/C(C)=C/CCC(C)=O. The number of carbonyl (C=O) groups excluding carboxylic acids is 1. The van der Waals surface area contributed by atoms with E-state index in [0.717, 1.165) is 38.5 Å². The highest BCUT2D eigenvalue weighted by atomic mass is 16.1. The van der Waals surface area contributed by atoms with E-state index in [9.17, 15) is 4.79 Å². The molecule has 0 spiro atoms. The Balaban J connectivity index is 3.94. The smallest absolute Gasteiger partial charge is 0.130 e. The molecule has 24 heavy (non-hydrogen) atoms. The third-order valence-corrected chi connectivity index (χ3v) is 4.16. The molecular weight excluding hydrogens is 292 g/mol. The van der Waals surface area contributed by atoms with E-state index >= 15 is 0 Å². The summed E-state index contributed by atoms with van der Waals surface area (Å²) in [5.41, 5.74) is 4.39. The lowest BCUT2D eigenvalue weighted by molar-refractivity contribution is -0.116. The van der Waals surface area contributed by atoms with Crippen LogP contribution in [-0.2, 0) is 4.79 Å². The topological polar surface area (TPSA) is 17.1 Å². The Hall–Kier alpha value is -1.37. The van der Waals surface area contributed by atoms with Gasteiger partial charge in [0.1, 0.15) is 5.78 Å². The molecule has 0 N–H and O–H groups in total. The van der Waals surface area contributed by atoms with Gasteiger partial charge in [-0.3, -0.25) is 0 Å². The van der Waals surface area contributed by atoms with Crippen LogP contribution in [0, 0.1) is 0 Å². The summed E-state index contributed by atoms with van der Waals surface area (Å²) in [5.74, 6) is 0.277. The molecular formula is C23H38O. The molecule has 0 aliphatic rings. The van der Waals surface area contributed by atoms with E-state index in [4.69, 9.17) is 0 Å². The van der Waals surface area contributed by atoms with Crippen molar-refractivity contribution in [2.75, 3.05) is 0 Å². The standard InChI is InChI=1S/C23H38O/c1-6-7-8-9-13-20(2)14-10-15-21(3)16-11-17-22(4)18-12-19-23(5)24/h7-8,14,16,18H,6,9-13,15,17,19H2,1-5H3/b8-7+,20-14+,21-16+,22-18+. The lowest BCUT2D eigenvalue weighted by atomic mass is 10.0. The molecule has 0 aromatic carbocycles. The normalized spacial score (nSPS) is 13.8. The molecule has 0 unspecified atom stereocenters. The first-order valence-corrected chi connectivity index (χ1v) is 9.57. The van der Waals surface area contributed by atoms with Crippen molar-refractivity contribution >= 4 is 5.78 Å². The van der Waals surface area contributed by atoms with Crippen LogP contribution < -0.4 is 0 Å². The maximum atomic E-state index is 10.9. The molecule has 136 valence electrons. The van der Waals surface area contributed by atoms with Gasteiger partial charge < -0.3 is 4.79 Å². The average molecular weight is 331 g/mol.